The number of halogens is 2. The van der Waals surface area contributed by atoms with Crippen LogP contribution in [0, 0.1) is 0 Å². The number of rotatable bonds is 7. The summed E-state index contributed by atoms with van der Waals surface area (Å²) in [6.07, 6.45) is 3.34. The van der Waals surface area contributed by atoms with Gasteiger partial charge >= 0.3 is 0 Å². The number of aryl methyl sites for hydroxylation is 1. The van der Waals surface area contributed by atoms with Crippen molar-refractivity contribution < 1.29 is 0 Å². The van der Waals surface area contributed by atoms with Crippen LogP contribution in [0.15, 0.2) is 57.5 Å². The summed E-state index contributed by atoms with van der Waals surface area (Å²) in [7, 11) is 0. The molecular weight excluding hydrogens is 390 g/mol. The number of hydrogen-bond acceptors (Lipinski definition) is 1. The van der Waals surface area contributed by atoms with Crippen molar-refractivity contribution in [3.63, 3.8) is 0 Å². The molecular formula is C18H21Br2N. The summed E-state index contributed by atoms with van der Waals surface area (Å²) in [5.74, 6) is 0. The highest BCUT2D eigenvalue weighted by molar-refractivity contribution is 9.11. The summed E-state index contributed by atoms with van der Waals surface area (Å²) >= 11 is 7.18. The Balaban J connectivity index is 2.10. The minimum Gasteiger partial charge on any atom is -0.310 e. The number of hydrogen-bond donors (Lipinski definition) is 1. The zero-order valence-corrected chi connectivity index (χ0v) is 15.5. The molecule has 0 heterocycles. The van der Waals surface area contributed by atoms with Crippen LogP contribution in [0.2, 0.25) is 0 Å². The van der Waals surface area contributed by atoms with Crippen molar-refractivity contribution in [3.05, 3.63) is 68.6 Å². The first-order valence-corrected chi connectivity index (χ1v) is 9.01. The normalized spacial score (nSPS) is 12.3. The summed E-state index contributed by atoms with van der Waals surface area (Å²) in [4.78, 5) is 0. The van der Waals surface area contributed by atoms with Crippen molar-refractivity contribution in [1.82, 2.24) is 5.32 Å². The van der Waals surface area contributed by atoms with Crippen molar-refractivity contribution in [2.45, 2.75) is 32.2 Å². The van der Waals surface area contributed by atoms with E-state index in [0.29, 0.717) is 6.04 Å². The maximum atomic E-state index is 3.67. The second-order valence-corrected chi connectivity index (χ2v) is 7.07. The smallest absolute Gasteiger partial charge is 0.0324 e. The Morgan fingerprint density at radius 3 is 2.29 bits per heavy atom. The van der Waals surface area contributed by atoms with Gasteiger partial charge in [0.05, 0.1) is 0 Å². The van der Waals surface area contributed by atoms with Crippen LogP contribution in [0.4, 0.5) is 0 Å². The molecule has 0 saturated carbocycles. The Hall–Kier alpha value is -0.640. The van der Waals surface area contributed by atoms with Crippen LogP contribution in [0.1, 0.15) is 36.9 Å². The fourth-order valence-electron chi connectivity index (χ4n) is 2.44. The Morgan fingerprint density at radius 2 is 1.67 bits per heavy atom. The van der Waals surface area contributed by atoms with Crippen molar-refractivity contribution >= 4 is 31.9 Å². The van der Waals surface area contributed by atoms with Crippen LogP contribution in [-0.4, -0.2) is 6.54 Å². The Bertz CT molecular complexity index is 534. The molecule has 1 N–H and O–H groups in total. The minimum atomic E-state index is 0.388. The van der Waals surface area contributed by atoms with Gasteiger partial charge in [0.1, 0.15) is 0 Å². The van der Waals surface area contributed by atoms with Gasteiger partial charge in [-0.1, -0.05) is 69.1 Å². The molecule has 2 rings (SSSR count). The molecule has 0 radical (unpaired) electrons. The molecule has 2 aromatic rings. The highest BCUT2D eigenvalue weighted by Crippen LogP contribution is 2.27. The van der Waals surface area contributed by atoms with E-state index in [2.05, 4.69) is 92.6 Å². The summed E-state index contributed by atoms with van der Waals surface area (Å²) in [6, 6.07) is 17.6. The molecule has 2 aromatic carbocycles. The van der Waals surface area contributed by atoms with Crippen molar-refractivity contribution in [2.75, 3.05) is 6.54 Å². The lowest BCUT2D eigenvalue weighted by molar-refractivity contribution is 0.499. The Morgan fingerprint density at radius 1 is 1.00 bits per heavy atom. The van der Waals surface area contributed by atoms with E-state index in [1.165, 1.54) is 11.1 Å². The molecule has 0 aromatic heterocycles. The lowest BCUT2D eigenvalue weighted by Crippen LogP contribution is -2.22. The molecule has 1 atom stereocenters. The predicted molar refractivity (Wildman–Crippen MR) is 97.6 cm³/mol. The van der Waals surface area contributed by atoms with Gasteiger partial charge in [-0.25, -0.2) is 0 Å². The first-order chi connectivity index (χ1) is 10.2. The van der Waals surface area contributed by atoms with Crippen LogP contribution in [0.3, 0.4) is 0 Å². The minimum absolute atomic E-state index is 0.388. The molecule has 0 aliphatic heterocycles. The zero-order valence-electron chi connectivity index (χ0n) is 12.3. The van der Waals surface area contributed by atoms with Gasteiger partial charge in [-0.3, -0.25) is 0 Å². The molecule has 0 bridgehead atoms. The van der Waals surface area contributed by atoms with Gasteiger partial charge in [0.25, 0.3) is 0 Å². The zero-order chi connectivity index (χ0) is 15.1. The molecule has 1 unspecified atom stereocenters. The molecule has 0 saturated heterocycles. The van der Waals surface area contributed by atoms with Gasteiger partial charge in [-0.15, -0.1) is 0 Å². The molecule has 21 heavy (non-hydrogen) atoms. The highest BCUT2D eigenvalue weighted by Gasteiger charge is 2.12. The second kappa shape index (κ2) is 8.72. The summed E-state index contributed by atoms with van der Waals surface area (Å²) in [5.41, 5.74) is 2.73. The molecule has 0 fully saturated rings. The third kappa shape index (κ3) is 5.57. The van der Waals surface area contributed by atoms with Crippen molar-refractivity contribution in [1.29, 1.82) is 0 Å². The quantitative estimate of drug-likeness (QED) is 0.600. The van der Waals surface area contributed by atoms with Gasteiger partial charge in [-0.05, 0) is 55.1 Å². The average molecular weight is 411 g/mol. The molecule has 1 nitrogen and oxygen atoms in total. The number of benzene rings is 2. The van der Waals surface area contributed by atoms with Crippen LogP contribution >= 0.6 is 31.9 Å². The van der Waals surface area contributed by atoms with Gasteiger partial charge in [-0.2, -0.15) is 0 Å². The number of nitrogens with one attached hydrogen (secondary N) is 1. The topological polar surface area (TPSA) is 12.0 Å². The first-order valence-electron chi connectivity index (χ1n) is 7.42. The highest BCUT2D eigenvalue weighted by atomic mass is 79.9. The summed E-state index contributed by atoms with van der Waals surface area (Å²) in [5, 5.41) is 3.67. The van der Waals surface area contributed by atoms with E-state index in [1.807, 2.05) is 0 Å². The van der Waals surface area contributed by atoms with Gasteiger partial charge < -0.3 is 5.32 Å². The van der Waals surface area contributed by atoms with E-state index in [0.717, 1.165) is 34.8 Å². The lowest BCUT2D eigenvalue weighted by Gasteiger charge is -2.20. The molecule has 0 aliphatic carbocycles. The van der Waals surface area contributed by atoms with E-state index < -0.39 is 0 Å². The van der Waals surface area contributed by atoms with Crippen molar-refractivity contribution in [2.24, 2.45) is 0 Å². The largest absolute Gasteiger partial charge is 0.310 e. The standard InChI is InChI=1S/C18H21Br2N/c1-2-10-21-18(9-8-14-6-4-3-5-7-14)15-11-16(19)13-17(20)12-15/h3-7,11-13,18,21H,2,8-10H2,1H3. The van der Waals surface area contributed by atoms with Gasteiger partial charge in [0.2, 0.25) is 0 Å². The van der Waals surface area contributed by atoms with Crippen LogP contribution in [0.5, 0.6) is 0 Å². The van der Waals surface area contributed by atoms with E-state index in [-0.39, 0.29) is 0 Å². The monoisotopic (exact) mass is 409 g/mol. The van der Waals surface area contributed by atoms with E-state index >= 15 is 0 Å². The fraction of sp³-hybridized carbons (Fsp3) is 0.333. The summed E-state index contributed by atoms with van der Waals surface area (Å²) in [6.45, 7) is 3.25. The SMILES string of the molecule is CCCNC(CCc1ccccc1)c1cc(Br)cc(Br)c1. The Kier molecular flexibility index (Phi) is 6.94. The molecule has 0 spiro atoms. The maximum Gasteiger partial charge on any atom is 0.0324 e. The van der Waals surface area contributed by atoms with Crippen molar-refractivity contribution in [3.8, 4) is 0 Å². The third-order valence-electron chi connectivity index (χ3n) is 3.49. The first kappa shape index (κ1) is 16.7. The average Bonchev–Trinajstić information content (AvgIpc) is 2.47. The lowest BCUT2D eigenvalue weighted by atomic mass is 9.99. The van der Waals surface area contributed by atoms with Gasteiger partial charge in [0.15, 0.2) is 0 Å². The van der Waals surface area contributed by atoms with Crippen LogP contribution in [0.25, 0.3) is 0 Å². The van der Waals surface area contributed by atoms with Crippen LogP contribution < -0.4 is 5.32 Å². The van der Waals surface area contributed by atoms with Crippen LogP contribution in [-0.2, 0) is 6.42 Å². The maximum absolute atomic E-state index is 3.67. The molecule has 0 amide bonds. The summed E-state index contributed by atoms with van der Waals surface area (Å²) < 4.78 is 2.24. The fourth-order valence-corrected chi connectivity index (χ4v) is 3.77. The van der Waals surface area contributed by atoms with E-state index in [1.54, 1.807) is 0 Å². The molecule has 0 aliphatic rings. The molecule has 112 valence electrons. The Labute approximate surface area is 144 Å². The third-order valence-corrected chi connectivity index (χ3v) is 4.41. The second-order valence-electron chi connectivity index (χ2n) is 5.23. The molecule has 3 heteroatoms. The van der Waals surface area contributed by atoms with E-state index in [4.69, 9.17) is 0 Å². The van der Waals surface area contributed by atoms with E-state index in [9.17, 15) is 0 Å². The predicted octanol–water partition coefficient (Wildman–Crippen LogP) is 5.89. The van der Waals surface area contributed by atoms with Gasteiger partial charge in [0, 0.05) is 15.0 Å².